The van der Waals surface area contributed by atoms with Gasteiger partial charge in [-0.05, 0) is 31.2 Å². The molecule has 2 aromatic rings. The Bertz CT molecular complexity index is 844. The number of carbonyl (C=O) groups is 1. The third kappa shape index (κ3) is 4.49. The number of ether oxygens (including phenoxy) is 2. The molecule has 0 saturated carbocycles. The lowest BCUT2D eigenvalue weighted by atomic mass is 10.1. The average molecular weight is 389 g/mol. The van der Waals surface area contributed by atoms with E-state index in [1.54, 1.807) is 0 Å². The van der Waals surface area contributed by atoms with Crippen molar-refractivity contribution in [3.63, 3.8) is 0 Å². The molecular formula is C19H23N3O6. The van der Waals surface area contributed by atoms with Crippen LogP contribution in [-0.4, -0.2) is 55.7 Å². The third-order valence-electron chi connectivity index (χ3n) is 4.67. The summed E-state index contributed by atoms with van der Waals surface area (Å²) < 4.78 is 16.2. The molecule has 0 spiro atoms. The summed E-state index contributed by atoms with van der Waals surface area (Å²) in [6.07, 6.45) is 0. The second-order valence-corrected chi connectivity index (χ2v) is 6.47. The van der Waals surface area contributed by atoms with Gasteiger partial charge in [-0.15, -0.1) is 0 Å². The lowest BCUT2D eigenvalue weighted by Crippen LogP contribution is -2.43. The summed E-state index contributed by atoms with van der Waals surface area (Å²) in [6, 6.07) is 7.78. The Labute approximate surface area is 162 Å². The van der Waals surface area contributed by atoms with Gasteiger partial charge in [-0.1, -0.05) is 0 Å². The van der Waals surface area contributed by atoms with Crippen molar-refractivity contribution in [2.24, 2.45) is 0 Å². The van der Waals surface area contributed by atoms with Gasteiger partial charge in [-0.25, -0.2) is 0 Å². The van der Waals surface area contributed by atoms with Gasteiger partial charge in [0, 0.05) is 31.3 Å². The van der Waals surface area contributed by atoms with E-state index in [0.29, 0.717) is 19.8 Å². The Morgan fingerprint density at radius 1 is 1.32 bits per heavy atom. The Kier molecular flexibility index (Phi) is 6.27. The van der Waals surface area contributed by atoms with Crippen molar-refractivity contribution >= 4 is 11.6 Å². The van der Waals surface area contributed by atoms with E-state index in [9.17, 15) is 14.9 Å². The Hall–Kier alpha value is -2.91. The van der Waals surface area contributed by atoms with Crippen LogP contribution in [0.1, 0.15) is 27.9 Å². The van der Waals surface area contributed by atoms with Crippen molar-refractivity contribution < 1.29 is 23.6 Å². The zero-order valence-corrected chi connectivity index (χ0v) is 15.8. The van der Waals surface area contributed by atoms with Gasteiger partial charge in [0.25, 0.3) is 5.91 Å². The van der Waals surface area contributed by atoms with Crippen molar-refractivity contribution in [1.82, 2.24) is 10.2 Å². The molecule has 1 aromatic carbocycles. The first-order valence-electron chi connectivity index (χ1n) is 8.98. The van der Waals surface area contributed by atoms with Crippen molar-refractivity contribution in [2.75, 3.05) is 40.0 Å². The maximum atomic E-state index is 12.6. The predicted molar refractivity (Wildman–Crippen MR) is 101 cm³/mol. The molecule has 150 valence electrons. The summed E-state index contributed by atoms with van der Waals surface area (Å²) in [7, 11) is 1.35. The number of carbonyl (C=O) groups excluding carboxylic acids is 1. The molecule has 1 aliphatic heterocycles. The van der Waals surface area contributed by atoms with E-state index < -0.39 is 10.8 Å². The van der Waals surface area contributed by atoms with Crippen LogP contribution in [0.3, 0.4) is 0 Å². The first kappa shape index (κ1) is 19.8. The molecule has 28 heavy (non-hydrogen) atoms. The maximum Gasteiger partial charge on any atom is 0.311 e. The topological polar surface area (TPSA) is 107 Å². The molecule has 0 radical (unpaired) electrons. The van der Waals surface area contributed by atoms with Crippen LogP contribution in [0.25, 0.3) is 0 Å². The molecule has 0 aliphatic carbocycles. The second kappa shape index (κ2) is 8.85. The average Bonchev–Trinajstić information content (AvgIpc) is 3.14. The highest BCUT2D eigenvalue weighted by Crippen LogP contribution is 2.28. The zero-order chi connectivity index (χ0) is 20.1. The lowest BCUT2D eigenvalue weighted by Gasteiger charge is -2.33. The van der Waals surface area contributed by atoms with E-state index in [0.717, 1.165) is 24.6 Å². The van der Waals surface area contributed by atoms with Crippen LogP contribution in [0, 0.1) is 17.0 Å². The molecule has 1 amide bonds. The number of hydrogen-bond acceptors (Lipinski definition) is 7. The minimum atomic E-state index is -0.572. The fourth-order valence-corrected chi connectivity index (χ4v) is 3.20. The molecule has 1 N–H and O–H groups in total. The molecule has 1 unspecified atom stereocenters. The Morgan fingerprint density at radius 2 is 2.07 bits per heavy atom. The van der Waals surface area contributed by atoms with E-state index in [1.165, 1.54) is 25.3 Å². The molecule has 1 aliphatic rings. The third-order valence-corrected chi connectivity index (χ3v) is 4.67. The number of nitro benzene ring substituents is 1. The van der Waals surface area contributed by atoms with Crippen LogP contribution in [0.15, 0.2) is 34.7 Å². The molecule has 1 atom stereocenters. The number of amides is 1. The number of benzene rings is 1. The molecular weight excluding hydrogens is 366 g/mol. The summed E-state index contributed by atoms with van der Waals surface area (Å²) in [6.45, 7) is 4.88. The fraction of sp³-hybridized carbons (Fsp3) is 0.421. The van der Waals surface area contributed by atoms with Gasteiger partial charge in [-0.2, -0.15) is 0 Å². The SMILES string of the molecule is COc1ccc(C(=O)NCC(c2ccc(C)o2)N2CCOCC2)cc1[N+](=O)[O-]. The molecule has 0 bridgehead atoms. The normalized spacial score (nSPS) is 15.8. The second-order valence-electron chi connectivity index (χ2n) is 6.47. The minimum absolute atomic E-state index is 0.110. The smallest absolute Gasteiger partial charge is 0.311 e. The van der Waals surface area contributed by atoms with Crippen LogP contribution in [0.2, 0.25) is 0 Å². The van der Waals surface area contributed by atoms with E-state index in [1.807, 2.05) is 19.1 Å². The van der Waals surface area contributed by atoms with Crippen molar-refractivity contribution in [2.45, 2.75) is 13.0 Å². The minimum Gasteiger partial charge on any atom is -0.490 e. The Morgan fingerprint density at radius 3 is 2.68 bits per heavy atom. The van der Waals surface area contributed by atoms with Gasteiger partial charge in [-0.3, -0.25) is 19.8 Å². The van der Waals surface area contributed by atoms with Gasteiger partial charge < -0.3 is 19.2 Å². The maximum absolute atomic E-state index is 12.6. The van der Waals surface area contributed by atoms with E-state index in [-0.39, 0.29) is 23.0 Å². The molecule has 3 rings (SSSR count). The van der Waals surface area contributed by atoms with Crippen LogP contribution < -0.4 is 10.1 Å². The van der Waals surface area contributed by atoms with Crippen molar-refractivity contribution in [3.8, 4) is 5.75 Å². The molecule has 2 heterocycles. The van der Waals surface area contributed by atoms with E-state index in [2.05, 4.69) is 10.2 Å². The van der Waals surface area contributed by atoms with Gasteiger partial charge >= 0.3 is 5.69 Å². The molecule has 1 saturated heterocycles. The largest absolute Gasteiger partial charge is 0.490 e. The number of nitrogens with zero attached hydrogens (tertiary/aromatic N) is 2. The Balaban J connectivity index is 1.74. The van der Waals surface area contributed by atoms with E-state index in [4.69, 9.17) is 13.9 Å². The van der Waals surface area contributed by atoms with Gasteiger partial charge in [0.15, 0.2) is 5.75 Å². The molecule has 9 heteroatoms. The molecule has 9 nitrogen and oxygen atoms in total. The first-order valence-corrected chi connectivity index (χ1v) is 8.98. The summed E-state index contributed by atoms with van der Waals surface area (Å²) in [5, 5.41) is 14.0. The highest BCUT2D eigenvalue weighted by Gasteiger charge is 2.26. The van der Waals surface area contributed by atoms with E-state index >= 15 is 0 Å². The predicted octanol–water partition coefficient (Wildman–Crippen LogP) is 2.31. The number of methoxy groups -OCH3 is 1. The van der Waals surface area contributed by atoms with Gasteiger partial charge in [0.05, 0.1) is 31.3 Å². The zero-order valence-electron chi connectivity index (χ0n) is 15.8. The van der Waals surface area contributed by atoms with Crippen molar-refractivity contribution in [3.05, 3.63) is 57.5 Å². The molecule has 1 fully saturated rings. The number of morpholine rings is 1. The van der Waals surface area contributed by atoms with Crippen molar-refractivity contribution in [1.29, 1.82) is 0 Å². The highest BCUT2D eigenvalue weighted by molar-refractivity contribution is 5.95. The standard InChI is InChI=1S/C19H23N3O6/c1-13-3-5-18(28-13)16(21-7-9-27-10-8-21)12-20-19(23)14-4-6-17(26-2)15(11-14)22(24)25/h3-6,11,16H,7-10,12H2,1-2H3,(H,20,23). The number of nitro groups is 1. The van der Waals surface area contributed by atoms with Crippen LogP contribution in [0.5, 0.6) is 5.75 Å². The molecule has 1 aromatic heterocycles. The number of hydrogen-bond donors (Lipinski definition) is 1. The van der Waals surface area contributed by atoms with Crippen LogP contribution in [0.4, 0.5) is 5.69 Å². The highest BCUT2D eigenvalue weighted by atomic mass is 16.6. The number of nitrogens with one attached hydrogen (secondary N) is 1. The van der Waals surface area contributed by atoms with Gasteiger partial charge in [0.2, 0.25) is 0 Å². The lowest BCUT2D eigenvalue weighted by molar-refractivity contribution is -0.385. The quantitative estimate of drug-likeness (QED) is 0.572. The summed E-state index contributed by atoms with van der Waals surface area (Å²) >= 11 is 0. The van der Waals surface area contributed by atoms with Crippen LogP contribution in [-0.2, 0) is 4.74 Å². The number of furan rings is 1. The monoisotopic (exact) mass is 389 g/mol. The van der Waals surface area contributed by atoms with Crippen LogP contribution >= 0.6 is 0 Å². The number of aryl methyl sites for hydroxylation is 1. The summed E-state index contributed by atoms with van der Waals surface area (Å²) in [4.78, 5) is 25.4. The summed E-state index contributed by atoms with van der Waals surface area (Å²) in [5.74, 6) is 1.27. The number of rotatable bonds is 7. The first-order chi connectivity index (χ1) is 13.5. The fourth-order valence-electron chi connectivity index (χ4n) is 3.20. The summed E-state index contributed by atoms with van der Waals surface area (Å²) in [5.41, 5.74) is -0.0506. The van der Waals surface area contributed by atoms with Gasteiger partial charge in [0.1, 0.15) is 11.5 Å².